The molecule has 1 heterocycles. The third-order valence-corrected chi connectivity index (χ3v) is 5.99. The van der Waals surface area contributed by atoms with E-state index in [1.807, 2.05) is 6.07 Å². The molecule has 0 aromatic heterocycles. The first-order chi connectivity index (χ1) is 14.0. The quantitative estimate of drug-likeness (QED) is 0.738. The molecule has 7 heteroatoms. The molecule has 0 radical (unpaired) electrons. The molecule has 4 rings (SSSR count). The normalized spacial score (nSPS) is 22.8. The van der Waals surface area contributed by atoms with Crippen molar-refractivity contribution in [2.75, 3.05) is 23.7 Å². The minimum Gasteiger partial charge on any atom is -0.481 e. The molecule has 2 fully saturated rings. The molecule has 0 unspecified atom stereocenters. The molecule has 1 saturated heterocycles. The zero-order valence-corrected chi connectivity index (χ0v) is 15.9. The number of nitrogens with zero attached hydrogens (tertiary/aromatic N) is 1. The number of hydrogen-bond donors (Lipinski definition) is 3. The lowest BCUT2D eigenvalue weighted by atomic mass is 9.81. The van der Waals surface area contributed by atoms with E-state index in [-0.39, 0.29) is 24.4 Å². The highest BCUT2D eigenvalue weighted by Gasteiger charge is 2.55. The van der Waals surface area contributed by atoms with Gasteiger partial charge in [0.2, 0.25) is 0 Å². The summed E-state index contributed by atoms with van der Waals surface area (Å²) in [6.45, 7) is 0.700. The van der Waals surface area contributed by atoms with Crippen molar-refractivity contribution in [1.82, 2.24) is 4.90 Å². The minimum absolute atomic E-state index is 0.0160. The van der Waals surface area contributed by atoms with E-state index in [9.17, 15) is 19.5 Å². The van der Waals surface area contributed by atoms with Crippen molar-refractivity contribution < 1.29 is 19.5 Å². The van der Waals surface area contributed by atoms with Gasteiger partial charge in [-0.1, -0.05) is 30.7 Å². The summed E-state index contributed by atoms with van der Waals surface area (Å²) in [5, 5.41) is 15.3. The number of rotatable bonds is 4. The maximum absolute atomic E-state index is 12.7. The van der Waals surface area contributed by atoms with Gasteiger partial charge in [0.15, 0.2) is 0 Å². The summed E-state index contributed by atoms with van der Waals surface area (Å²) in [6, 6.07) is 15.5. The zero-order valence-electron chi connectivity index (χ0n) is 15.9. The maximum Gasteiger partial charge on any atom is 0.321 e. The fourth-order valence-corrected chi connectivity index (χ4v) is 4.46. The van der Waals surface area contributed by atoms with Gasteiger partial charge in [0.25, 0.3) is 5.91 Å². The molecule has 150 valence electrons. The van der Waals surface area contributed by atoms with Crippen molar-refractivity contribution in [3.63, 3.8) is 0 Å². The number of fused-ring (bicyclic) bond motifs is 1. The summed E-state index contributed by atoms with van der Waals surface area (Å²) in [5.74, 6) is -1.02. The molecule has 0 bridgehead atoms. The van der Waals surface area contributed by atoms with Crippen LogP contribution in [0.4, 0.5) is 16.2 Å². The van der Waals surface area contributed by atoms with Crippen LogP contribution in [0.25, 0.3) is 0 Å². The highest BCUT2D eigenvalue weighted by molar-refractivity contribution is 6.04. The number of benzene rings is 2. The third-order valence-electron chi connectivity index (χ3n) is 5.99. The Morgan fingerprint density at radius 3 is 2.41 bits per heavy atom. The number of carbonyl (C=O) groups excluding carboxylic acids is 2. The smallest absolute Gasteiger partial charge is 0.321 e. The van der Waals surface area contributed by atoms with Crippen molar-refractivity contribution in [2.45, 2.75) is 19.3 Å². The van der Waals surface area contributed by atoms with Crippen LogP contribution in [0.2, 0.25) is 0 Å². The van der Waals surface area contributed by atoms with Gasteiger partial charge in [0.1, 0.15) is 0 Å². The second-order valence-electron chi connectivity index (χ2n) is 7.76. The predicted octanol–water partition coefficient (Wildman–Crippen LogP) is 3.66. The van der Waals surface area contributed by atoms with Crippen LogP contribution < -0.4 is 10.6 Å². The van der Waals surface area contributed by atoms with Crippen molar-refractivity contribution >= 4 is 29.3 Å². The fraction of sp³-hybridized carbons (Fsp3) is 0.318. The van der Waals surface area contributed by atoms with Gasteiger partial charge >= 0.3 is 12.0 Å². The molecule has 2 aliphatic rings. The van der Waals surface area contributed by atoms with E-state index in [4.69, 9.17) is 0 Å². The van der Waals surface area contributed by atoms with Crippen LogP contribution in [0, 0.1) is 11.3 Å². The van der Waals surface area contributed by atoms with E-state index in [2.05, 4.69) is 10.6 Å². The summed E-state index contributed by atoms with van der Waals surface area (Å²) in [7, 11) is 0. The molecule has 7 nitrogen and oxygen atoms in total. The molecular weight excluding hydrogens is 370 g/mol. The fourth-order valence-electron chi connectivity index (χ4n) is 4.46. The van der Waals surface area contributed by atoms with Gasteiger partial charge in [-0.05, 0) is 49.1 Å². The van der Waals surface area contributed by atoms with Gasteiger partial charge < -0.3 is 20.6 Å². The summed E-state index contributed by atoms with van der Waals surface area (Å²) in [5.41, 5.74) is 0.854. The number of aliphatic carboxylic acids is 1. The third kappa shape index (κ3) is 3.68. The molecule has 3 amide bonds. The summed E-state index contributed by atoms with van der Waals surface area (Å²) in [6.07, 6.45) is 2.37. The first kappa shape index (κ1) is 19.0. The van der Waals surface area contributed by atoms with Crippen LogP contribution in [0.3, 0.4) is 0 Å². The Hall–Kier alpha value is -3.35. The van der Waals surface area contributed by atoms with Crippen LogP contribution in [-0.2, 0) is 4.79 Å². The number of carbonyl (C=O) groups is 3. The average Bonchev–Trinajstić information content (AvgIpc) is 3.28. The van der Waals surface area contributed by atoms with Crippen molar-refractivity contribution in [1.29, 1.82) is 0 Å². The van der Waals surface area contributed by atoms with Gasteiger partial charge in [0, 0.05) is 30.0 Å². The van der Waals surface area contributed by atoms with E-state index in [1.165, 1.54) is 0 Å². The van der Waals surface area contributed by atoms with E-state index in [0.29, 0.717) is 29.9 Å². The van der Waals surface area contributed by atoms with Gasteiger partial charge in [0.05, 0.1) is 5.41 Å². The van der Waals surface area contributed by atoms with Gasteiger partial charge in [-0.25, -0.2) is 4.79 Å². The highest BCUT2D eigenvalue weighted by Crippen LogP contribution is 2.48. The molecule has 2 aromatic carbocycles. The summed E-state index contributed by atoms with van der Waals surface area (Å²) < 4.78 is 0. The van der Waals surface area contributed by atoms with Crippen LogP contribution in [-0.4, -0.2) is 41.0 Å². The number of likely N-dealkylation sites (tertiary alicyclic amines) is 1. The number of carboxylic acid groups (broad SMARTS) is 1. The summed E-state index contributed by atoms with van der Waals surface area (Å²) in [4.78, 5) is 38.4. The monoisotopic (exact) mass is 393 g/mol. The Balaban J connectivity index is 1.41. The predicted molar refractivity (Wildman–Crippen MR) is 109 cm³/mol. The van der Waals surface area contributed by atoms with Crippen molar-refractivity contribution in [3.05, 3.63) is 60.2 Å². The van der Waals surface area contributed by atoms with Crippen LogP contribution >= 0.6 is 0 Å². The second-order valence-corrected chi connectivity index (χ2v) is 7.76. The number of amides is 3. The van der Waals surface area contributed by atoms with Crippen LogP contribution in [0.15, 0.2) is 54.6 Å². The Labute approximate surface area is 168 Å². The lowest BCUT2D eigenvalue weighted by Crippen LogP contribution is -2.38. The molecule has 2 atom stereocenters. The molecule has 29 heavy (non-hydrogen) atoms. The first-order valence-corrected chi connectivity index (χ1v) is 9.74. The minimum atomic E-state index is -0.805. The SMILES string of the molecule is O=C(Nc1cccc(NC(=O)N2C[C@@H]3CCC[C@@]3(C(=O)O)C2)c1)c1ccccc1. The standard InChI is InChI=1S/C22H23N3O4/c26-19(15-6-2-1-3-7-15)23-17-9-4-10-18(12-17)24-21(29)25-13-16-8-5-11-22(16,14-25)20(27)28/h1-4,6-7,9-10,12,16H,5,8,11,13-14H2,(H,23,26)(H,24,29)(H,27,28)/t16-,22+/m0/s1. The van der Waals surface area contributed by atoms with Crippen molar-refractivity contribution in [3.8, 4) is 0 Å². The largest absolute Gasteiger partial charge is 0.481 e. The maximum atomic E-state index is 12.7. The van der Waals surface area contributed by atoms with Gasteiger partial charge in [-0.2, -0.15) is 0 Å². The number of urea groups is 1. The Bertz CT molecular complexity index is 946. The average molecular weight is 393 g/mol. The van der Waals surface area contributed by atoms with E-state index < -0.39 is 11.4 Å². The molecular formula is C22H23N3O4. The number of carboxylic acids is 1. The zero-order chi connectivity index (χ0) is 20.4. The molecule has 1 aliphatic carbocycles. The number of nitrogens with one attached hydrogen (secondary N) is 2. The van der Waals surface area contributed by atoms with Gasteiger partial charge in [-0.3, -0.25) is 9.59 Å². The molecule has 1 saturated carbocycles. The molecule has 1 aliphatic heterocycles. The topological polar surface area (TPSA) is 98.7 Å². The highest BCUT2D eigenvalue weighted by atomic mass is 16.4. The Morgan fingerprint density at radius 1 is 1.00 bits per heavy atom. The van der Waals surface area contributed by atoms with Gasteiger partial charge in [-0.15, -0.1) is 0 Å². The Kier molecular flexibility index (Phi) is 4.96. The van der Waals surface area contributed by atoms with E-state index in [1.54, 1.807) is 53.4 Å². The Morgan fingerprint density at radius 2 is 1.72 bits per heavy atom. The van der Waals surface area contributed by atoms with Crippen LogP contribution in [0.5, 0.6) is 0 Å². The van der Waals surface area contributed by atoms with Crippen LogP contribution in [0.1, 0.15) is 29.6 Å². The van der Waals surface area contributed by atoms with E-state index in [0.717, 1.165) is 12.8 Å². The summed E-state index contributed by atoms with van der Waals surface area (Å²) >= 11 is 0. The second kappa shape index (κ2) is 7.58. The van der Waals surface area contributed by atoms with Crippen molar-refractivity contribution in [2.24, 2.45) is 11.3 Å². The first-order valence-electron chi connectivity index (χ1n) is 9.74. The number of hydrogen-bond acceptors (Lipinski definition) is 3. The lowest BCUT2D eigenvalue weighted by molar-refractivity contribution is -0.149. The number of anilines is 2. The molecule has 3 N–H and O–H groups in total. The van der Waals surface area contributed by atoms with E-state index >= 15 is 0 Å². The molecule has 0 spiro atoms. The molecule has 2 aromatic rings. The lowest BCUT2D eigenvalue weighted by Gasteiger charge is -2.23.